The molecule has 0 atom stereocenters. The van der Waals surface area contributed by atoms with Crippen molar-refractivity contribution in [2.24, 2.45) is 0 Å². The van der Waals surface area contributed by atoms with Gasteiger partial charge in [-0.15, -0.1) is 0 Å². The van der Waals surface area contributed by atoms with E-state index in [-0.39, 0.29) is 32.8 Å². The van der Waals surface area contributed by atoms with Crippen LogP contribution >= 0.6 is 27.5 Å². The summed E-state index contributed by atoms with van der Waals surface area (Å²) < 4.78 is 33.9. The van der Waals surface area contributed by atoms with Gasteiger partial charge in [-0.3, -0.25) is 9.20 Å². The molecule has 0 saturated heterocycles. The van der Waals surface area contributed by atoms with E-state index in [2.05, 4.69) is 20.9 Å². The first kappa shape index (κ1) is 22.7. The average molecular weight is 543 g/mol. The molecule has 2 aromatic carbocycles. The molecule has 0 saturated carbocycles. The lowest BCUT2D eigenvalue weighted by molar-refractivity contribution is 0.461. The molecular formula is C23H13BrClN3O4S. The second kappa shape index (κ2) is 9.19. The molecule has 0 N–H and O–H groups in total. The number of hydrogen-bond donors (Lipinski definition) is 0. The normalized spacial score (nSPS) is 11.8. The number of benzene rings is 2. The predicted molar refractivity (Wildman–Crippen MR) is 128 cm³/mol. The second-order valence-corrected chi connectivity index (χ2v) is 9.92. The van der Waals surface area contributed by atoms with Gasteiger partial charge in [0.15, 0.2) is 0 Å². The van der Waals surface area contributed by atoms with Gasteiger partial charge in [0.05, 0.1) is 9.92 Å². The van der Waals surface area contributed by atoms with Gasteiger partial charge < -0.3 is 4.74 Å². The third-order valence-electron chi connectivity index (χ3n) is 4.58. The summed E-state index contributed by atoms with van der Waals surface area (Å²) in [6.07, 6.45) is 2.45. The van der Waals surface area contributed by atoms with E-state index in [1.165, 1.54) is 22.7 Å². The molecule has 2 heterocycles. The van der Waals surface area contributed by atoms with Gasteiger partial charge in [-0.05, 0) is 54.6 Å². The zero-order chi connectivity index (χ0) is 23.6. The fourth-order valence-corrected chi connectivity index (χ4v) is 4.54. The van der Waals surface area contributed by atoms with Crippen LogP contribution in [0, 0.1) is 11.3 Å². The molecule has 0 aliphatic carbocycles. The topological polar surface area (TPSA) is 102 Å². The summed E-state index contributed by atoms with van der Waals surface area (Å²) in [6.45, 7) is 0. The number of rotatable bonds is 5. The molecule has 0 unspecified atom stereocenters. The van der Waals surface area contributed by atoms with Gasteiger partial charge in [-0.2, -0.15) is 10.2 Å². The molecule has 0 aliphatic heterocycles. The molecule has 0 bridgehead atoms. The van der Waals surface area contributed by atoms with E-state index in [1.807, 2.05) is 0 Å². The first-order valence-corrected chi connectivity index (χ1v) is 12.0. The van der Waals surface area contributed by atoms with Crippen LogP contribution in [0.25, 0.3) is 11.7 Å². The summed E-state index contributed by atoms with van der Waals surface area (Å²) in [5.74, 6) is 0.0355. The molecule has 0 fully saturated rings. The summed E-state index contributed by atoms with van der Waals surface area (Å²) in [6, 6.07) is 19.0. The van der Waals surface area contributed by atoms with Crippen LogP contribution < -0.4 is 10.3 Å². The first-order valence-electron chi connectivity index (χ1n) is 9.37. The Hall–Kier alpha value is -3.45. The van der Waals surface area contributed by atoms with Gasteiger partial charge in [-0.25, -0.2) is 8.42 Å². The maximum Gasteiger partial charge on any atom is 0.269 e. The number of allylic oxidation sites excluding steroid dienone is 1. The van der Waals surface area contributed by atoms with Crippen LogP contribution in [-0.4, -0.2) is 17.8 Å². The summed E-state index contributed by atoms with van der Waals surface area (Å²) in [5.41, 5.74) is -0.548. The molecule has 10 heteroatoms. The van der Waals surface area contributed by atoms with Crippen molar-refractivity contribution in [2.75, 3.05) is 0 Å². The number of aromatic nitrogens is 2. The van der Waals surface area contributed by atoms with Crippen LogP contribution in [0.1, 0.15) is 5.56 Å². The molecule has 7 nitrogen and oxygen atoms in total. The molecule has 0 radical (unpaired) electrons. The molecule has 0 amide bonds. The Morgan fingerprint density at radius 1 is 1.09 bits per heavy atom. The number of pyridine rings is 1. The monoisotopic (exact) mass is 541 g/mol. The van der Waals surface area contributed by atoms with E-state index in [0.29, 0.717) is 4.47 Å². The highest BCUT2D eigenvalue weighted by molar-refractivity contribution is 9.10. The van der Waals surface area contributed by atoms with Crippen LogP contribution in [0.15, 0.2) is 92.0 Å². The number of nitrogens with zero attached hydrogens (tertiary/aromatic N) is 3. The maximum atomic E-state index is 13.2. The Morgan fingerprint density at radius 3 is 2.48 bits per heavy atom. The molecule has 0 spiro atoms. The van der Waals surface area contributed by atoms with Crippen molar-refractivity contribution in [3.8, 4) is 17.7 Å². The van der Waals surface area contributed by atoms with Gasteiger partial charge in [0.25, 0.3) is 5.56 Å². The SMILES string of the molecule is N#CC(=Cc1c(Oc2ccccc2Cl)nc2ccccn2c1=O)S(=O)(=O)c1ccc(Br)cc1. The first-order chi connectivity index (χ1) is 15.8. The summed E-state index contributed by atoms with van der Waals surface area (Å²) in [7, 11) is -4.21. The fourth-order valence-electron chi connectivity index (χ4n) is 2.96. The third-order valence-corrected chi connectivity index (χ3v) is 7.10. The van der Waals surface area contributed by atoms with Gasteiger partial charge in [0.2, 0.25) is 15.7 Å². The number of nitriles is 1. The van der Waals surface area contributed by atoms with Crippen molar-refractivity contribution in [2.45, 2.75) is 4.90 Å². The van der Waals surface area contributed by atoms with Crippen LogP contribution in [0.2, 0.25) is 5.02 Å². The lowest BCUT2D eigenvalue weighted by Gasteiger charge is -2.11. The van der Waals surface area contributed by atoms with Crippen molar-refractivity contribution >= 4 is 49.1 Å². The summed E-state index contributed by atoms with van der Waals surface area (Å²) in [4.78, 5) is 16.9. The Labute approximate surface area is 202 Å². The quantitative estimate of drug-likeness (QED) is 0.320. The fraction of sp³-hybridized carbons (Fsp3) is 0. The van der Waals surface area contributed by atoms with Crippen molar-refractivity contribution in [1.29, 1.82) is 5.26 Å². The summed E-state index contributed by atoms with van der Waals surface area (Å²) in [5, 5.41) is 9.94. The minimum Gasteiger partial charge on any atom is -0.437 e. The molecule has 164 valence electrons. The highest BCUT2D eigenvalue weighted by atomic mass is 79.9. The van der Waals surface area contributed by atoms with E-state index >= 15 is 0 Å². The van der Waals surface area contributed by atoms with Crippen LogP contribution in [0.3, 0.4) is 0 Å². The highest BCUT2D eigenvalue weighted by Crippen LogP contribution is 2.31. The van der Waals surface area contributed by atoms with E-state index in [9.17, 15) is 18.5 Å². The Bertz CT molecular complexity index is 1610. The Kier molecular flexibility index (Phi) is 6.33. The number of fused-ring (bicyclic) bond motifs is 1. The van der Waals surface area contributed by atoms with Crippen molar-refractivity contribution in [1.82, 2.24) is 9.38 Å². The second-order valence-electron chi connectivity index (χ2n) is 6.67. The van der Waals surface area contributed by atoms with Gasteiger partial charge in [-0.1, -0.05) is 45.7 Å². The smallest absolute Gasteiger partial charge is 0.269 e. The van der Waals surface area contributed by atoms with Gasteiger partial charge in [0, 0.05) is 10.7 Å². The average Bonchev–Trinajstić information content (AvgIpc) is 2.80. The molecule has 0 aliphatic rings. The Morgan fingerprint density at radius 2 is 1.79 bits per heavy atom. The summed E-state index contributed by atoms with van der Waals surface area (Å²) >= 11 is 9.42. The number of hydrogen-bond acceptors (Lipinski definition) is 6. The highest BCUT2D eigenvalue weighted by Gasteiger charge is 2.23. The largest absolute Gasteiger partial charge is 0.437 e. The van der Waals surface area contributed by atoms with Crippen molar-refractivity contribution < 1.29 is 13.2 Å². The number of halogens is 2. The van der Waals surface area contributed by atoms with Gasteiger partial charge in [0.1, 0.15) is 27.9 Å². The number of sulfone groups is 1. The van der Waals surface area contributed by atoms with E-state index in [0.717, 1.165) is 6.08 Å². The molecule has 4 rings (SSSR count). The lowest BCUT2D eigenvalue weighted by atomic mass is 10.2. The lowest BCUT2D eigenvalue weighted by Crippen LogP contribution is -2.19. The minimum atomic E-state index is -4.21. The van der Waals surface area contributed by atoms with Crippen molar-refractivity contribution in [3.63, 3.8) is 0 Å². The van der Waals surface area contributed by atoms with E-state index < -0.39 is 20.3 Å². The Balaban J connectivity index is 1.95. The maximum absolute atomic E-state index is 13.2. The van der Waals surface area contributed by atoms with E-state index in [1.54, 1.807) is 60.7 Å². The molecule has 33 heavy (non-hydrogen) atoms. The molecule has 4 aromatic rings. The minimum absolute atomic E-state index is 0.0964. The van der Waals surface area contributed by atoms with Crippen LogP contribution in [0.5, 0.6) is 11.6 Å². The van der Waals surface area contributed by atoms with Crippen molar-refractivity contribution in [3.05, 3.63) is 103 Å². The van der Waals surface area contributed by atoms with Crippen LogP contribution in [-0.2, 0) is 9.84 Å². The molecular weight excluding hydrogens is 530 g/mol. The van der Waals surface area contributed by atoms with Gasteiger partial charge >= 0.3 is 0 Å². The third kappa shape index (κ3) is 4.54. The van der Waals surface area contributed by atoms with Crippen LogP contribution in [0.4, 0.5) is 0 Å². The number of para-hydroxylation sites is 1. The van der Waals surface area contributed by atoms with E-state index in [4.69, 9.17) is 16.3 Å². The standard InChI is InChI=1S/C23H13BrClN3O4S/c24-15-8-10-16(11-9-15)33(30,31)17(14-26)13-18-22(32-20-6-2-1-5-19(20)25)27-21-7-3-4-12-28(21)23(18)29/h1-13H. The molecule has 2 aromatic heterocycles. The zero-order valence-corrected chi connectivity index (χ0v) is 19.8. The zero-order valence-electron chi connectivity index (χ0n) is 16.6. The number of ether oxygens (including phenoxy) is 1. The predicted octanol–water partition coefficient (Wildman–Crippen LogP) is 5.24.